The number of para-hydroxylation sites is 3. The SMILES string of the molecule is [2H]c1ccc2c(c1)c1cc([2H])ccc1n2-c1ccccc1-c1nc(-c2ccccc2)nc(-c2cccc(-c3cccc4c3sc3ccc(-c5c([2H])c([2H])c([2H])c([2H])c5[2H])cc34)c2)n1. The lowest BCUT2D eigenvalue weighted by Gasteiger charge is -2.14. The molecule has 0 unspecified atom stereocenters. The van der Waals surface area contributed by atoms with Crippen molar-refractivity contribution in [3.63, 3.8) is 0 Å². The minimum absolute atomic E-state index is 0.181. The average Bonchev–Trinajstić information content (AvgIpc) is 3.85. The second-order valence-electron chi connectivity index (χ2n) is 13.5. The molecule has 262 valence electrons. The number of fused-ring (bicyclic) bond motifs is 6. The maximum atomic E-state index is 8.59. The fraction of sp³-hybridized carbons (Fsp3) is 0. The maximum Gasteiger partial charge on any atom is 0.166 e. The second kappa shape index (κ2) is 13.3. The number of nitrogens with zero attached hydrogens (tertiary/aromatic N) is 4. The lowest BCUT2D eigenvalue weighted by Crippen LogP contribution is -2.03. The van der Waals surface area contributed by atoms with Crippen molar-refractivity contribution in [2.45, 2.75) is 0 Å². The molecule has 0 aliphatic heterocycles. The molecule has 0 spiro atoms. The third kappa shape index (κ3) is 5.40. The predicted octanol–water partition coefficient (Wildman–Crippen LogP) is 13.7. The molecule has 0 amide bonds. The number of aromatic nitrogens is 4. The van der Waals surface area contributed by atoms with Gasteiger partial charge in [0.25, 0.3) is 0 Å². The molecule has 11 aromatic rings. The van der Waals surface area contributed by atoms with Crippen molar-refractivity contribution in [1.82, 2.24) is 19.5 Å². The molecular weight excluding hydrogens is 701 g/mol. The Morgan fingerprint density at radius 3 is 1.88 bits per heavy atom. The quantitative estimate of drug-likeness (QED) is 0.171. The lowest BCUT2D eigenvalue weighted by molar-refractivity contribution is 1.06. The summed E-state index contributed by atoms with van der Waals surface area (Å²) in [6, 6.07) is 48.3. The third-order valence-corrected chi connectivity index (χ3v) is 11.4. The van der Waals surface area contributed by atoms with E-state index in [-0.39, 0.29) is 29.7 Å². The van der Waals surface area contributed by atoms with Gasteiger partial charge in [0.15, 0.2) is 17.5 Å². The summed E-state index contributed by atoms with van der Waals surface area (Å²) in [4.78, 5) is 15.4. The Morgan fingerprint density at radius 2 is 1.07 bits per heavy atom. The maximum absolute atomic E-state index is 8.59. The first-order valence-electron chi connectivity index (χ1n) is 21.7. The van der Waals surface area contributed by atoms with E-state index < -0.39 is 6.04 Å². The van der Waals surface area contributed by atoms with Crippen LogP contribution in [0, 0.1) is 0 Å². The molecule has 0 aliphatic carbocycles. The smallest absolute Gasteiger partial charge is 0.166 e. The summed E-state index contributed by atoms with van der Waals surface area (Å²) in [5.74, 6) is 1.52. The Bertz CT molecular complexity index is 3590. The molecule has 0 radical (unpaired) electrons. The van der Waals surface area contributed by atoms with E-state index in [0.29, 0.717) is 35.1 Å². The van der Waals surface area contributed by atoms with Crippen LogP contribution in [0.25, 0.3) is 104 Å². The summed E-state index contributed by atoms with van der Waals surface area (Å²) in [6.45, 7) is 0. The van der Waals surface area contributed by atoms with E-state index in [9.17, 15) is 0 Å². The van der Waals surface area contributed by atoms with E-state index in [2.05, 4.69) is 28.8 Å². The molecule has 0 N–H and O–H groups in total. The van der Waals surface area contributed by atoms with Crippen molar-refractivity contribution in [2.24, 2.45) is 0 Å². The fourth-order valence-corrected chi connectivity index (χ4v) is 8.87. The molecule has 11 rings (SSSR count). The second-order valence-corrected chi connectivity index (χ2v) is 14.5. The molecule has 3 heterocycles. The normalized spacial score (nSPS) is 13.3. The van der Waals surface area contributed by atoms with Gasteiger partial charge in [-0.3, -0.25) is 0 Å². The average molecular weight is 740 g/mol. The zero-order chi connectivity index (χ0) is 43.1. The van der Waals surface area contributed by atoms with Gasteiger partial charge in [-0.2, -0.15) is 0 Å². The van der Waals surface area contributed by atoms with Crippen LogP contribution in [0.15, 0.2) is 194 Å². The molecule has 4 nitrogen and oxygen atoms in total. The van der Waals surface area contributed by atoms with Gasteiger partial charge in [0, 0.05) is 47.6 Å². The van der Waals surface area contributed by atoms with Gasteiger partial charge in [-0.1, -0.05) is 151 Å². The fourth-order valence-electron chi connectivity index (χ4n) is 7.66. The standard InChI is InChI=1S/C51H32N4S/c1-3-15-33(16-4-1)35-29-30-47-43(32-35)41-25-14-24-38(48(41)56-47)36-19-13-20-37(31-36)50-52-49(34-17-5-2-6-18-34)53-51(54-50)42-23-9-12-28-46(42)55-44-26-10-7-21-39(44)40-22-8-11-27-45(40)55/h1-32H/i1D,3D,4D,7D,8D,15D,16D. The van der Waals surface area contributed by atoms with Gasteiger partial charge in [-0.05, 0) is 64.7 Å². The van der Waals surface area contributed by atoms with Crippen molar-refractivity contribution >= 4 is 53.3 Å². The monoisotopic (exact) mass is 739 g/mol. The van der Waals surface area contributed by atoms with Crippen molar-refractivity contribution in [3.8, 4) is 62.1 Å². The first kappa shape index (κ1) is 25.7. The van der Waals surface area contributed by atoms with Gasteiger partial charge in [0.05, 0.1) is 26.3 Å². The first-order valence-corrected chi connectivity index (χ1v) is 19.0. The highest BCUT2D eigenvalue weighted by Gasteiger charge is 2.19. The van der Waals surface area contributed by atoms with Crippen LogP contribution in [0.1, 0.15) is 9.60 Å². The highest BCUT2D eigenvalue weighted by atomic mass is 32.1. The minimum atomic E-state index is -0.412. The van der Waals surface area contributed by atoms with E-state index in [1.807, 2.05) is 115 Å². The number of thiophene rings is 1. The Hall–Kier alpha value is -7.21. The van der Waals surface area contributed by atoms with Gasteiger partial charge in [0.2, 0.25) is 0 Å². The third-order valence-electron chi connectivity index (χ3n) is 10.2. The number of benzene rings is 8. The largest absolute Gasteiger partial charge is 0.309 e. The summed E-state index contributed by atoms with van der Waals surface area (Å²) in [7, 11) is 0. The molecule has 0 aliphatic rings. The first-order chi connectivity index (χ1) is 30.6. The molecule has 0 fully saturated rings. The van der Waals surface area contributed by atoms with Crippen molar-refractivity contribution in [3.05, 3.63) is 194 Å². The molecule has 0 saturated heterocycles. The van der Waals surface area contributed by atoms with Gasteiger partial charge in [-0.25, -0.2) is 15.0 Å². The minimum Gasteiger partial charge on any atom is -0.309 e. The van der Waals surface area contributed by atoms with Gasteiger partial charge < -0.3 is 4.57 Å². The lowest BCUT2D eigenvalue weighted by atomic mass is 9.99. The van der Waals surface area contributed by atoms with Gasteiger partial charge in [0.1, 0.15) is 0 Å². The van der Waals surface area contributed by atoms with Crippen LogP contribution in [0.4, 0.5) is 0 Å². The molecule has 0 atom stereocenters. The number of hydrogen-bond acceptors (Lipinski definition) is 4. The van der Waals surface area contributed by atoms with E-state index in [1.54, 1.807) is 23.5 Å². The summed E-state index contributed by atoms with van der Waals surface area (Å²) in [6.07, 6.45) is 0. The van der Waals surface area contributed by atoms with E-state index in [4.69, 9.17) is 24.5 Å². The topological polar surface area (TPSA) is 43.6 Å². The Balaban J connectivity index is 1.06. The molecule has 0 bridgehead atoms. The zero-order valence-electron chi connectivity index (χ0n) is 36.6. The van der Waals surface area contributed by atoms with E-state index in [1.165, 1.54) is 0 Å². The molecule has 3 aromatic heterocycles. The predicted molar refractivity (Wildman–Crippen MR) is 234 cm³/mol. The number of hydrogen-bond donors (Lipinski definition) is 0. The molecule has 56 heavy (non-hydrogen) atoms. The van der Waals surface area contributed by atoms with E-state index in [0.717, 1.165) is 75.5 Å². The Kier molecular flexibility index (Phi) is 6.10. The summed E-state index contributed by atoms with van der Waals surface area (Å²) >= 11 is 1.65. The van der Waals surface area contributed by atoms with Crippen LogP contribution in [-0.2, 0) is 0 Å². The van der Waals surface area contributed by atoms with Gasteiger partial charge in [-0.15, -0.1) is 11.3 Å². The molecule has 0 saturated carbocycles. The van der Waals surface area contributed by atoms with Crippen LogP contribution >= 0.6 is 11.3 Å². The molecule has 8 aromatic carbocycles. The Morgan fingerprint density at radius 1 is 0.411 bits per heavy atom. The van der Waals surface area contributed by atoms with Crippen LogP contribution in [0.3, 0.4) is 0 Å². The van der Waals surface area contributed by atoms with Crippen LogP contribution in [0.5, 0.6) is 0 Å². The highest BCUT2D eigenvalue weighted by Crippen LogP contribution is 2.42. The van der Waals surface area contributed by atoms with Crippen molar-refractivity contribution in [1.29, 1.82) is 0 Å². The Labute approximate surface area is 337 Å². The van der Waals surface area contributed by atoms with Crippen molar-refractivity contribution < 1.29 is 9.60 Å². The van der Waals surface area contributed by atoms with Crippen LogP contribution in [0.2, 0.25) is 0 Å². The summed E-state index contributed by atoms with van der Waals surface area (Å²) < 4.78 is 62.7. The van der Waals surface area contributed by atoms with Crippen molar-refractivity contribution in [2.75, 3.05) is 0 Å². The molecular formula is C51H32N4S. The zero-order valence-corrected chi connectivity index (χ0v) is 30.4. The molecule has 5 heteroatoms. The number of rotatable bonds is 6. The summed E-state index contributed by atoms with van der Waals surface area (Å²) in [5, 5.41) is 3.72. The van der Waals surface area contributed by atoms with Crippen LogP contribution < -0.4 is 0 Å². The van der Waals surface area contributed by atoms with E-state index >= 15 is 0 Å². The summed E-state index contributed by atoms with van der Waals surface area (Å²) in [5.41, 5.74) is 7.83. The highest BCUT2D eigenvalue weighted by molar-refractivity contribution is 7.26. The van der Waals surface area contributed by atoms with Gasteiger partial charge >= 0.3 is 0 Å². The van der Waals surface area contributed by atoms with Crippen LogP contribution in [-0.4, -0.2) is 19.5 Å².